The van der Waals surface area contributed by atoms with Crippen molar-refractivity contribution in [2.45, 2.75) is 138 Å². The molecule has 0 aliphatic carbocycles. The molecule has 0 saturated carbocycles. The van der Waals surface area contributed by atoms with E-state index in [9.17, 15) is 43.0 Å². The lowest BCUT2D eigenvalue weighted by Gasteiger charge is -2.20. The number of nitrogens with one attached hydrogen (secondary N) is 2. The molecule has 2 amide bonds. The first kappa shape index (κ1) is 67.0. The van der Waals surface area contributed by atoms with Crippen molar-refractivity contribution in [2.75, 3.05) is 10.6 Å². The SMILES string of the molecule is C.C.CC(C)c1c(C(=O)Nc2ccccc2)c(-c2ccccc2)c(-c2ccc(F)cc2)n1CC[C@@H](O)CC(=O)CC(=O)OC(C)(C)C.CC(C)c1c(C(=O)Nc2ccccc2)c(-c2ccccc2)c(-c2ccc(F)cc2)n1CC[C@@H](O)CC(=O)O. The molecule has 2 aromatic heterocycles. The number of para-hydroxylation sites is 2. The van der Waals surface area contributed by atoms with Crippen LogP contribution in [0.3, 0.4) is 0 Å². The lowest BCUT2D eigenvalue weighted by atomic mass is 9.94. The van der Waals surface area contributed by atoms with Gasteiger partial charge in [0.15, 0.2) is 0 Å². The Morgan fingerprint density at radius 1 is 0.506 bits per heavy atom. The fourth-order valence-corrected chi connectivity index (χ4v) is 10.3. The lowest BCUT2D eigenvalue weighted by molar-refractivity contribution is -0.156. The molecule has 0 fully saturated rings. The van der Waals surface area contributed by atoms with Crippen LogP contribution in [-0.4, -0.2) is 71.8 Å². The summed E-state index contributed by atoms with van der Waals surface area (Å²) in [5.74, 6) is -3.69. The molecule has 8 aromatic rings. The first-order valence-corrected chi connectivity index (χ1v) is 27.8. The summed E-state index contributed by atoms with van der Waals surface area (Å²) in [6.45, 7) is 13.7. The molecule has 0 aliphatic rings. The fraction of sp³-hybridized carbons (Fsp3) is 0.300. The van der Waals surface area contributed by atoms with Crippen molar-refractivity contribution >= 4 is 40.9 Å². The predicted molar refractivity (Wildman–Crippen MR) is 335 cm³/mol. The Hall–Kier alpha value is -8.79. The molecule has 2 atom stereocenters. The van der Waals surface area contributed by atoms with E-state index in [2.05, 4.69) is 10.6 Å². The van der Waals surface area contributed by atoms with Gasteiger partial charge >= 0.3 is 11.9 Å². The van der Waals surface area contributed by atoms with Gasteiger partial charge in [-0.3, -0.25) is 24.0 Å². The van der Waals surface area contributed by atoms with Gasteiger partial charge < -0.3 is 39.8 Å². The number of benzene rings is 6. The highest BCUT2D eigenvalue weighted by atomic mass is 19.1. The quantitative estimate of drug-likeness (QED) is 0.0325. The van der Waals surface area contributed by atoms with Gasteiger partial charge in [-0.1, -0.05) is 140 Å². The minimum absolute atomic E-state index is 0. The van der Waals surface area contributed by atoms with Gasteiger partial charge in [-0.25, -0.2) is 8.78 Å². The van der Waals surface area contributed by atoms with Crippen LogP contribution in [0.1, 0.15) is 139 Å². The number of carboxylic acids is 1. The Balaban J connectivity index is 0.000000307. The predicted octanol–water partition coefficient (Wildman–Crippen LogP) is 15.6. The molecule has 85 heavy (non-hydrogen) atoms. The maximum atomic E-state index is 14.1. The molecule has 8 rings (SSSR count). The number of esters is 1. The zero-order valence-corrected chi connectivity index (χ0v) is 47.9. The van der Waals surface area contributed by atoms with E-state index in [0.717, 1.165) is 22.5 Å². The summed E-state index contributed by atoms with van der Waals surface area (Å²) in [6, 6.07) is 49.7. The first-order chi connectivity index (χ1) is 39.6. The molecule has 13 nitrogen and oxygen atoms in total. The zero-order chi connectivity index (χ0) is 60.0. The number of nitrogens with zero attached hydrogens (tertiary/aromatic N) is 2. The number of hydrogen-bond donors (Lipinski definition) is 5. The molecule has 0 spiro atoms. The Morgan fingerprint density at radius 2 is 0.847 bits per heavy atom. The average Bonchev–Trinajstić information content (AvgIpc) is 1.68. The highest BCUT2D eigenvalue weighted by molar-refractivity contribution is 6.13. The van der Waals surface area contributed by atoms with Gasteiger partial charge in [0, 0.05) is 53.4 Å². The molecule has 448 valence electrons. The largest absolute Gasteiger partial charge is 0.481 e. The van der Waals surface area contributed by atoms with Crippen molar-refractivity contribution in [3.8, 4) is 44.8 Å². The number of carbonyl (C=O) groups excluding carboxylic acids is 4. The average molecular weight is 1160 g/mol. The maximum Gasteiger partial charge on any atom is 0.313 e. The van der Waals surface area contributed by atoms with Crippen molar-refractivity contribution in [2.24, 2.45) is 0 Å². The second kappa shape index (κ2) is 30.7. The van der Waals surface area contributed by atoms with E-state index in [1.54, 1.807) is 45.0 Å². The molecule has 0 aliphatic heterocycles. The topological polar surface area (TPSA) is 189 Å². The third-order valence-electron chi connectivity index (χ3n) is 13.6. The Morgan fingerprint density at radius 3 is 1.18 bits per heavy atom. The number of carbonyl (C=O) groups is 5. The van der Waals surface area contributed by atoms with Crippen LogP contribution < -0.4 is 10.6 Å². The van der Waals surface area contributed by atoms with Crippen LogP contribution >= 0.6 is 0 Å². The number of carboxylic acid groups (broad SMARTS) is 1. The van der Waals surface area contributed by atoms with Gasteiger partial charge in [-0.05, 0) is 140 Å². The number of halogens is 2. The number of amides is 2. The van der Waals surface area contributed by atoms with E-state index in [4.69, 9.17) is 9.84 Å². The minimum atomic E-state index is -1.08. The molecule has 0 unspecified atom stereocenters. The third kappa shape index (κ3) is 17.9. The summed E-state index contributed by atoms with van der Waals surface area (Å²) in [6.07, 6.45) is -2.76. The van der Waals surface area contributed by atoms with Crippen LogP contribution in [0.15, 0.2) is 170 Å². The molecule has 15 heteroatoms. The highest BCUT2D eigenvalue weighted by Gasteiger charge is 2.33. The van der Waals surface area contributed by atoms with Crippen molar-refractivity contribution < 1.29 is 52.8 Å². The van der Waals surface area contributed by atoms with Gasteiger partial charge in [0.05, 0.1) is 41.1 Å². The second-order valence-electron chi connectivity index (χ2n) is 22.0. The minimum Gasteiger partial charge on any atom is -0.481 e. The van der Waals surface area contributed by atoms with E-state index >= 15 is 0 Å². The number of rotatable bonds is 22. The molecule has 5 N–H and O–H groups in total. The van der Waals surface area contributed by atoms with Crippen molar-refractivity contribution in [1.82, 2.24) is 9.13 Å². The summed E-state index contributed by atoms with van der Waals surface area (Å²) < 4.78 is 37.2. The third-order valence-corrected chi connectivity index (χ3v) is 13.6. The number of anilines is 2. The van der Waals surface area contributed by atoms with Gasteiger partial charge in [0.2, 0.25) is 0 Å². The zero-order valence-electron chi connectivity index (χ0n) is 47.9. The molecular weight excluding hydrogens is 1080 g/mol. The van der Waals surface area contributed by atoms with Crippen LogP contribution in [0.4, 0.5) is 20.2 Å². The van der Waals surface area contributed by atoms with Crippen molar-refractivity contribution in [3.05, 3.63) is 204 Å². The number of aromatic nitrogens is 2. The normalized spacial score (nSPS) is 11.8. The lowest BCUT2D eigenvalue weighted by Crippen LogP contribution is -2.26. The van der Waals surface area contributed by atoms with Crippen LogP contribution in [-0.2, 0) is 32.2 Å². The standard InChI is InChI=1S/C37H41FN2O5.C31H31FN2O4.2CH4/c1-24(2)34-33(36(44)39-28-14-10-7-11-15-28)32(25-12-8-6-9-13-25)35(26-16-18-27(38)19-17-26)40(34)21-20-29(41)22-30(42)23-31(43)45-37(3,4)5;1-20(2)29-28(31(38)33-24-11-7-4-8-12-24)27(21-9-5-3-6-10-21)30(22-13-15-23(32)16-14-22)34(29)18-17-25(35)19-26(36)37;;/h6-19,24,29,41H,20-23H2,1-5H3,(H,39,44);3-16,20,25,35H,17-19H2,1-2H3,(H,33,38)(H,36,37);2*1H4/t29-;25-;;/m11../s1. The van der Waals surface area contributed by atoms with Gasteiger partial charge in [0.1, 0.15) is 29.4 Å². The number of Topliss-reactive ketones (excluding diaryl/α,β-unsaturated/α-hetero) is 1. The van der Waals surface area contributed by atoms with Crippen molar-refractivity contribution in [1.29, 1.82) is 0 Å². The molecule has 0 radical (unpaired) electrons. The van der Waals surface area contributed by atoms with E-state index in [1.165, 1.54) is 24.3 Å². The van der Waals surface area contributed by atoms with E-state index in [1.807, 2.05) is 158 Å². The summed E-state index contributed by atoms with van der Waals surface area (Å²) >= 11 is 0. The Labute approximate surface area is 498 Å². The number of aliphatic hydroxyl groups is 2. The summed E-state index contributed by atoms with van der Waals surface area (Å²) in [4.78, 5) is 64.0. The van der Waals surface area contributed by atoms with Crippen LogP contribution in [0.2, 0.25) is 0 Å². The molecule has 0 bridgehead atoms. The van der Waals surface area contributed by atoms with Crippen LogP contribution in [0.5, 0.6) is 0 Å². The number of aliphatic carboxylic acids is 1. The van der Waals surface area contributed by atoms with Crippen molar-refractivity contribution in [3.63, 3.8) is 0 Å². The molecule has 2 heterocycles. The van der Waals surface area contributed by atoms with E-state index < -0.39 is 42.0 Å². The number of hydrogen-bond acceptors (Lipinski definition) is 8. The van der Waals surface area contributed by atoms with E-state index in [0.29, 0.717) is 56.1 Å². The highest BCUT2D eigenvalue weighted by Crippen LogP contribution is 2.45. The monoisotopic (exact) mass is 1160 g/mol. The van der Waals surface area contributed by atoms with E-state index in [-0.39, 0.29) is 88.9 Å². The van der Waals surface area contributed by atoms with Gasteiger partial charge in [0.25, 0.3) is 11.8 Å². The Kier molecular flexibility index (Phi) is 24.2. The van der Waals surface area contributed by atoms with Crippen LogP contribution in [0.25, 0.3) is 44.8 Å². The van der Waals surface area contributed by atoms with Crippen LogP contribution in [0, 0.1) is 11.6 Å². The smallest absolute Gasteiger partial charge is 0.313 e. The fourth-order valence-electron chi connectivity index (χ4n) is 10.3. The molecular formula is C70H80F2N4O9. The summed E-state index contributed by atoms with van der Waals surface area (Å²) in [5, 5.41) is 36.5. The Bertz CT molecular complexity index is 3480. The number of aliphatic hydroxyl groups excluding tert-OH is 2. The maximum absolute atomic E-state index is 14.1. The van der Waals surface area contributed by atoms with Gasteiger partial charge in [-0.15, -0.1) is 0 Å². The molecule has 0 saturated heterocycles. The second-order valence-corrected chi connectivity index (χ2v) is 22.0. The number of ether oxygens (including phenoxy) is 1. The summed E-state index contributed by atoms with van der Waals surface area (Å²) in [7, 11) is 0. The molecule has 6 aromatic carbocycles. The number of ketones is 1. The van der Waals surface area contributed by atoms with Gasteiger partial charge in [-0.2, -0.15) is 0 Å². The first-order valence-electron chi connectivity index (χ1n) is 27.8. The summed E-state index contributed by atoms with van der Waals surface area (Å²) in [5.41, 5.74) is 8.88.